The van der Waals surface area contributed by atoms with Gasteiger partial charge < -0.3 is 4.90 Å². The van der Waals surface area contributed by atoms with Crippen LogP contribution in [-0.4, -0.2) is 62.3 Å². The summed E-state index contributed by atoms with van der Waals surface area (Å²) in [6.45, 7) is 13.1. The Hall–Kier alpha value is -4.66. The molecule has 2 aliphatic heterocycles. The third-order valence-electron chi connectivity index (χ3n) is 13.4. The number of tetrazole rings is 1. The molecule has 0 atom stereocenters. The molecule has 0 saturated carbocycles. The van der Waals surface area contributed by atoms with E-state index in [1.54, 1.807) is 11.8 Å². The molecule has 6 aromatic rings. The normalized spacial score (nSPS) is 18.0. The Morgan fingerprint density at radius 3 is 2.23 bits per heavy atom. The monoisotopic (exact) mass is 1050 g/mol. The maximum atomic E-state index is 11.7. The lowest BCUT2D eigenvalue weighted by Gasteiger charge is -2.27. The third kappa shape index (κ3) is 9.06. The Morgan fingerprint density at radius 2 is 1.52 bits per heavy atom. The van der Waals surface area contributed by atoms with Crippen LogP contribution in [-0.2, 0) is 20.9 Å². The van der Waals surface area contributed by atoms with Crippen molar-refractivity contribution in [1.82, 2.24) is 20.2 Å². The fourth-order valence-corrected chi connectivity index (χ4v) is 12.7. The summed E-state index contributed by atoms with van der Waals surface area (Å²) in [4.78, 5) is 3.49. The van der Waals surface area contributed by atoms with E-state index < -0.39 is 10.1 Å². The lowest BCUT2D eigenvalue weighted by atomic mass is 9.79. The number of hydrogen-bond acceptors (Lipinski definition) is 7. The number of anilines is 1. The SMILES string of the molecule is CCCCC[N+]1=C(/C=C/C2=C(Sc3nnnn3-c3ccccc3)C(=C/C=C3/N(CCCCS(=O)(=O)O)c4ccc5cc(Br)ccc5c4C3(C)C)/CC2)C(C)(C)c2c1ccc1cc(Br)ccc21. The minimum absolute atomic E-state index is 0.244. The number of rotatable bonds is 15. The smallest absolute Gasteiger partial charge is 0.264 e. The van der Waals surface area contributed by atoms with Crippen LogP contribution in [0.1, 0.15) is 90.7 Å². The topological polar surface area (TPSA) is 104 Å². The van der Waals surface area contributed by atoms with E-state index in [0.29, 0.717) is 24.5 Å². The van der Waals surface area contributed by atoms with Crippen molar-refractivity contribution in [2.24, 2.45) is 0 Å². The molecule has 0 fully saturated rings. The Morgan fingerprint density at radius 1 is 0.803 bits per heavy atom. The van der Waals surface area contributed by atoms with Crippen LogP contribution >= 0.6 is 43.6 Å². The van der Waals surface area contributed by atoms with Gasteiger partial charge in [0.1, 0.15) is 6.54 Å². The first-order valence-electron chi connectivity index (χ1n) is 22.8. The maximum Gasteiger partial charge on any atom is 0.264 e. The van der Waals surface area contributed by atoms with Crippen LogP contribution in [0.5, 0.6) is 0 Å². The van der Waals surface area contributed by atoms with Gasteiger partial charge in [0.25, 0.3) is 10.1 Å². The molecule has 9 rings (SSSR count). The molecule has 340 valence electrons. The van der Waals surface area contributed by atoms with Crippen LogP contribution < -0.4 is 4.90 Å². The second-order valence-electron chi connectivity index (χ2n) is 18.5. The lowest BCUT2D eigenvalue weighted by Crippen LogP contribution is -2.28. The van der Waals surface area contributed by atoms with Crippen LogP contribution in [0.15, 0.2) is 151 Å². The summed E-state index contributed by atoms with van der Waals surface area (Å²) in [5.41, 5.74) is 10.2. The Labute approximate surface area is 409 Å². The summed E-state index contributed by atoms with van der Waals surface area (Å²) in [5.74, 6) is -0.260. The van der Waals surface area contributed by atoms with Gasteiger partial charge in [-0.15, -0.1) is 5.10 Å². The van der Waals surface area contributed by atoms with E-state index >= 15 is 0 Å². The van der Waals surface area contributed by atoms with Gasteiger partial charge in [-0.25, -0.2) is 0 Å². The zero-order chi connectivity index (χ0) is 46.4. The fraction of sp³-hybridized carbons (Fsp3) is 0.321. The highest BCUT2D eigenvalue weighted by Crippen LogP contribution is 2.52. The van der Waals surface area contributed by atoms with Gasteiger partial charge in [0.15, 0.2) is 5.71 Å². The zero-order valence-electron chi connectivity index (χ0n) is 38.1. The van der Waals surface area contributed by atoms with E-state index in [0.717, 1.165) is 68.5 Å². The Kier molecular flexibility index (Phi) is 13.2. The fourth-order valence-electron chi connectivity index (χ4n) is 10.3. The predicted molar refractivity (Wildman–Crippen MR) is 278 cm³/mol. The van der Waals surface area contributed by atoms with E-state index in [-0.39, 0.29) is 16.6 Å². The van der Waals surface area contributed by atoms with Crippen LogP contribution in [0.3, 0.4) is 0 Å². The molecule has 1 N–H and O–H groups in total. The standard InChI is InChI=1S/C53H54Br2N6O3S2/c1-6-7-11-30-59-44-26-18-37-33-39(54)22-24-42(37)48(44)52(2,3)46(59)28-20-35-16-17-36(50(35)65-51-56-57-58-61(51)41-14-9-8-10-15-41)21-29-47-53(4,5)49-43-25-23-40(55)34-38(43)19-27-45(49)60(47)31-12-13-32-66(62,63)64/h8-10,14-15,18-29,33-34H,6-7,11-13,16-17,30-32H2,1-5H3/p+1. The van der Waals surface area contributed by atoms with Gasteiger partial charge in [-0.3, -0.25) is 4.55 Å². The summed E-state index contributed by atoms with van der Waals surface area (Å²) < 4.78 is 39.4. The molecular weight excluding hydrogens is 993 g/mol. The van der Waals surface area contributed by atoms with Crippen molar-refractivity contribution in [2.75, 3.05) is 23.7 Å². The number of fused-ring (bicyclic) bond motifs is 6. The van der Waals surface area contributed by atoms with Gasteiger partial charge in [-0.05, 0) is 161 Å². The van der Waals surface area contributed by atoms with Crippen molar-refractivity contribution < 1.29 is 17.5 Å². The quantitative estimate of drug-likeness (QED) is 0.0616. The molecule has 3 aliphatic rings. The number of aromatic nitrogens is 4. The minimum atomic E-state index is -4.06. The molecule has 0 bridgehead atoms. The Bertz CT molecular complexity index is 3150. The molecule has 0 saturated heterocycles. The summed E-state index contributed by atoms with van der Waals surface area (Å²) >= 11 is 8.99. The molecule has 66 heavy (non-hydrogen) atoms. The average molecular weight is 1050 g/mol. The second-order valence-corrected chi connectivity index (χ2v) is 22.9. The van der Waals surface area contributed by atoms with Crippen molar-refractivity contribution in [2.45, 2.75) is 95.6 Å². The van der Waals surface area contributed by atoms with Gasteiger partial charge in [0.2, 0.25) is 10.8 Å². The molecule has 0 amide bonds. The first-order chi connectivity index (χ1) is 31.7. The maximum absolute atomic E-state index is 11.7. The van der Waals surface area contributed by atoms with Crippen molar-refractivity contribution in [3.63, 3.8) is 0 Å². The number of halogens is 2. The first-order valence-corrected chi connectivity index (χ1v) is 26.8. The van der Waals surface area contributed by atoms with Crippen LogP contribution in [0.25, 0.3) is 27.2 Å². The highest BCUT2D eigenvalue weighted by Gasteiger charge is 2.46. The summed E-state index contributed by atoms with van der Waals surface area (Å²) in [7, 11) is -4.06. The molecule has 5 aromatic carbocycles. The molecule has 13 heteroatoms. The predicted octanol–water partition coefficient (Wildman–Crippen LogP) is 13.7. The van der Waals surface area contributed by atoms with Crippen molar-refractivity contribution >= 4 is 92.4 Å². The number of allylic oxidation sites excluding steroid dienone is 7. The van der Waals surface area contributed by atoms with E-state index in [2.05, 4.69) is 176 Å². The van der Waals surface area contributed by atoms with Gasteiger partial charge in [0, 0.05) is 61.3 Å². The van der Waals surface area contributed by atoms with Gasteiger partial charge in [-0.1, -0.05) is 108 Å². The molecule has 0 spiro atoms. The largest absolute Gasteiger partial charge is 0.344 e. The number of thioether (sulfide) groups is 1. The molecule has 0 radical (unpaired) electrons. The van der Waals surface area contributed by atoms with E-state index in [4.69, 9.17) is 0 Å². The van der Waals surface area contributed by atoms with Crippen molar-refractivity contribution in [3.05, 3.63) is 157 Å². The van der Waals surface area contributed by atoms with Crippen molar-refractivity contribution in [1.29, 1.82) is 0 Å². The second kappa shape index (κ2) is 18.8. The number of hydrogen-bond donors (Lipinski definition) is 1. The summed E-state index contributed by atoms with van der Waals surface area (Å²) in [6.07, 6.45) is 15.4. The molecule has 0 unspecified atom stereocenters. The lowest BCUT2D eigenvalue weighted by molar-refractivity contribution is -0.438. The number of para-hydroxylation sites is 1. The van der Waals surface area contributed by atoms with E-state index in [1.807, 2.05) is 35.0 Å². The van der Waals surface area contributed by atoms with Gasteiger partial charge in [0.05, 0.1) is 16.9 Å². The number of benzene rings is 5. The third-order valence-corrected chi connectivity index (χ3v) is 16.4. The molecule has 9 nitrogen and oxygen atoms in total. The summed E-state index contributed by atoms with van der Waals surface area (Å²) in [6, 6.07) is 32.0. The number of nitrogens with zero attached hydrogens (tertiary/aromatic N) is 6. The highest BCUT2D eigenvalue weighted by atomic mass is 79.9. The highest BCUT2D eigenvalue weighted by molar-refractivity contribution is 9.10. The molecular formula is C53H55Br2N6O3S2+. The average Bonchev–Trinajstić information content (AvgIpc) is 4.01. The Balaban J connectivity index is 1.15. The molecule has 1 aliphatic carbocycles. The van der Waals surface area contributed by atoms with Gasteiger partial charge >= 0.3 is 0 Å². The van der Waals surface area contributed by atoms with Crippen LogP contribution in [0, 0.1) is 0 Å². The summed E-state index contributed by atoms with van der Waals surface area (Å²) in [5, 5.41) is 18.7. The van der Waals surface area contributed by atoms with Crippen LogP contribution in [0.4, 0.5) is 11.4 Å². The molecule has 3 heterocycles. The van der Waals surface area contributed by atoms with E-state index in [1.165, 1.54) is 56.3 Å². The molecule has 1 aromatic heterocycles. The van der Waals surface area contributed by atoms with E-state index in [9.17, 15) is 13.0 Å². The minimum Gasteiger partial charge on any atom is -0.344 e. The van der Waals surface area contributed by atoms with Crippen molar-refractivity contribution in [3.8, 4) is 5.69 Å². The number of unbranched alkanes of at least 4 members (excludes halogenated alkanes) is 3. The first kappa shape index (κ1) is 46.5. The van der Waals surface area contributed by atoms with Gasteiger partial charge in [-0.2, -0.15) is 17.7 Å². The zero-order valence-corrected chi connectivity index (χ0v) is 42.9. The van der Waals surface area contributed by atoms with Crippen LogP contribution in [0.2, 0.25) is 0 Å².